The van der Waals surface area contributed by atoms with E-state index in [4.69, 9.17) is 9.72 Å². The van der Waals surface area contributed by atoms with Gasteiger partial charge in [-0.2, -0.15) is 0 Å². The first-order chi connectivity index (χ1) is 33.7. The van der Waals surface area contributed by atoms with E-state index in [0.717, 1.165) is 52.0 Å². The van der Waals surface area contributed by atoms with Crippen molar-refractivity contribution in [2.24, 2.45) is 5.92 Å². The van der Waals surface area contributed by atoms with E-state index in [2.05, 4.69) is 28.6 Å². The molecule has 2 fully saturated rings. The molecule has 4 aliphatic rings. The minimum absolute atomic E-state index is 0.0177. The summed E-state index contributed by atoms with van der Waals surface area (Å²) in [5.74, 6) is 3.11. The van der Waals surface area contributed by atoms with Crippen LogP contribution in [-0.2, 0) is 24.5 Å². The molecule has 7 aromatic rings. The smallest absolute Gasteiger partial charge is 0.329 e. The molecule has 7 atom stereocenters. The molecule has 11 rings (SSSR count). The Balaban J connectivity index is 1.18. The van der Waals surface area contributed by atoms with Gasteiger partial charge >= 0.3 is 12.0 Å². The van der Waals surface area contributed by atoms with Crippen molar-refractivity contribution in [2.45, 2.75) is 68.3 Å². The number of cyclic esters (lactones) is 1. The van der Waals surface area contributed by atoms with Crippen LogP contribution in [0.4, 0.5) is 15.6 Å². The maximum atomic E-state index is 16.7. The molecule has 1 aromatic heterocycles. The molecule has 0 saturated carbocycles. The fraction of sp³-hybridized carbons (Fsp3) is 0.211. The molecule has 69 heavy (non-hydrogen) atoms. The van der Waals surface area contributed by atoms with E-state index in [1.165, 1.54) is 23.5 Å². The first-order valence-electron chi connectivity index (χ1n) is 23.3. The number of amides is 4. The van der Waals surface area contributed by atoms with Crippen LogP contribution in [0.2, 0.25) is 0 Å². The third-order valence-electron chi connectivity index (χ3n) is 14.0. The van der Waals surface area contributed by atoms with E-state index in [-0.39, 0.29) is 16.6 Å². The highest BCUT2D eigenvalue weighted by Crippen LogP contribution is 2.66. The molecule has 0 bridgehead atoms. The second-order valence-corrected chi connectivity index (χ2v) is 19.0. The number of morpholine rings is 1. The predicted octanol–water partition coefficient (Wildman–Crippen LogP) is 10.6. The summed E-state index contributed by atoms with van der Waals surface area (Å²) < 4.78 is 7.45. The standard InChI is InChI=1S/C57H47N5O6S/c1-35(38-18-8-3-9-19-38)58-56(67)61-45-33-28-37(27-26-36-16-6-2-7-17-36)34-43(45)57(54(61)66)47(52(64)60-55-59-44-24-14-15-25-46(44)69-55)49-53(65)68-50(40-22-12-5-13-23-40)48(39-20-10-4-11-21-39)62(49)51(57)41-29-31-42(63)32-30-41/h3-5,8-16,18-25,28-35,47-51,63H,2,6-7,17H2,1H3,(H,58,67)(H,59,60,64)/t35-,47-,48-,49-,50+,51+,57-/m1/s1. The van der Waals surface area contributed by atoms with Gasteiger partial charge in [0.2, 0.25) is 11.8 Å². The molecule has 11 nitrogen and oxygen atoms in total. The number of allylic oxidation sites excluding steroid dienone is 2. The topological polar surface area (TPSA) is 141 Å². The number of phenolic OH excluding ortho intramolecular Hbond substituents is 1. The van der Waals surface area contributed by atoms with Crippen molar-refractivity contribution in [2.75, 3.05) is 10.2 Å². The summed E-state index contributed by atoms with van der Waals surface area (Å²) >= 11 is 1.27. The normalized spacial score (nSPS) is 23.3. The van der Waals surface area contributed by atoms with Gasteiger partial charge in [-0.1, -0.05) is 145 Å². The number of anilines is 2. The number of ether oxygens (including phenoxy) is 1. The summed E-state index contributed by atoms with van der Waals surface area (Å²) in [5, 5.41) is 17.2. The van der Waals surface area contributed by atoms with Crippen molar-refractivity contribution in [3.8, 4) is 17.6 Å². The van der Waals surface area contributed by atoms with Crippen LogP contribution in [0.15, 0.2) is 169 Å². The van der Waals surface area contributed by atoms with Gasteiger partial charge in [0, 0.05) is 5.56 Å². The molecule has 0 radical (unpaired) electrons. The second-order valence-electron chi connectivity index (χ2n) is 18.0. The number of fused-ring (bicyclic) bond motifs is 4. The fourth-order valence-corrected chi connectivity index (χ4v) is 11.8. The van der Waals surface area contributed by atoms with E-state index in [1.54, 1.807) is 24.3 Å². The lowest BCUT2D eigenvalue weighted by molar-refractivity contribution is -0.177. The van der Waals surface area contributed by atoms with Crippen molar-refractivity contribution < 1.29 is 29.0 Å². The fourth-order valence-electron chi connectivity index (χ4n) is 10.9. The van der Waals surface area contributed by atoms with Crippen LogP contribution in [0, 0.1) is 17.8 Å². The van der Waals surface area contributed by atoms with E-state index in [9.17, 15) is 5.11 Å². The lowest BCUT2D eigenvalue weighted by Crippen LogP contribution is -2.55. The van der Waals surface area contributed by atoms with Crippen LogP contribution in [0.5, 0.6) is 5.75 Å². The summed E-state index contributed by atoms with van der Waals surface area (Å²) in [6.45, 7) is 1.84. The van der Waals surface area contributed by atoms with Crippen LogP contribution in [0.1, 0.15) is 90.2 Å². The molecule has 4 amide bonds. The van der Waals surface area contributed by atoms with Gasteiger partial charge in [0.25, 0.3) is 0 Å². The Kier molecular flexibility index (Phi) is 11.4. The number of rotatable bonds is 7. The number of hydrogen-bond donors (Lipinski definition) is 3. The van der Waals surface area contributed by atoms with E-state index >= 15 is 19.2 Å². The average molecular weight is 930 g/mol. The monoisotopic (exact) mass is 929 g/mol. The Hall–Kier alpha value is -7.85. The molecule has 4 heterocycles. The molecule has 6 aromatic carbocycles. The largest absolute Gasteiger partial charge is 0.508 e. The van der Waals surface area contributed by atoms with Crippen LogP contribution in [0.3, 0.4) is 0 Å². The second kappa shape index (κ2) is 18.0. The van der Waals surface area contributed by atoms with Crippen LogP contribution < -0.4 is 15.5 Å². The van der Waals surface area contributed by atoms with Gasteiger partial charge in [-0.15, -0.1) is 0 Å². The first kappa shape index (κ1) is 43.7. The van der Waals surface area contributed by atoms with Crippen molar-refractivity contribution in [3.63, 3.8) is 0 Å². The zero-order chi connectivity index (χ0) is 47.2. The number of nitrogens with zero attached hydrogens (tertiary/aromatic N) is 3. The predicted molar refractivity (Wildman–Crippen MR) is 265 cm³/mol. The molecule has 342 valence electrons. The SMILES string of the molecule is C[C@@H](NC(=O)N1C(=O)[C@@]2(c3cc(C#CC4=CCCCC4)ccc31)[C@H](c1ccc(O)cc1)N1[C@H](c3ccccc3)[C@H](c3ccccc3)OC(=O)[C@H]1[C@@H]2C(=O)Nc1nc2ccccc2s1)c1ccccc1. The molecule has 12 heteroatoms. The van der Waals surface area contributed by atoms with Crippen LogP contribution in [-0.4, -0.2) is 44.8 Å². The van der Waals surface area contributed by atoms with Crippen molar-refractivity contribution >= 4 is 56.2 Å². The molecular formula is C57H47N5O6S. The average Bonchev–Trinajstić information content (AvgIpc) is 4.02. The number of aromatic nitrogens is 1. The summed E-state index contributed by atoms with van der Waals surface area (Å²) in [4.78, 5) is 71.1. The molecule has 1 spiro atoms. The minimum atomic E-state index is -2.01. The van der Waals surface area contributed by atoms with Crippen LogP contribution in [0.25, 0.3) is 10.2 Å². The third kappa shape index (κ3) is 7.64. The minimum Gasteiger partial charge on any atom is -0.508 e. The number of benzene rings is 6. The third-order valence-corrected chi connectivity index (χ3v) is 14.9. The van der Waals surface area contributed by atoms with Gasteiger partial charge in [0.15, 0.2) is 5.13 Å². The number of carbonyl (C=O) groups excluding carboxylic acids is 4. The first-order valence-corrected chi connectivity index (χ1v) is 24.1. The van der Waals surface area contributed by atoms with Gasteiger partial charge in [-0.05, 0) is 108 Å². The van der Waals surface area contributed by atoms with Gasteiger partial charge in [-0.25, -0.2) is 14.7 Å². The highest BCUT2D eigenvalue weighted by atomic mass is 32.1. The van der Waals surface area contributed by atoms with E-state index < -0.39 is 65.4 Å². The van der Waals surface area contributed by atoms with Crippen molar-refractivity contribution in [1.82, 2.24) is 15.2 Å². The number of phenols is 1. The molecule has 2 saturated heterocycles. The van der Waals surface area contributed by atoms with Crippen molar-refractivity contribution in [1.29, 1.82) is 0 Å². The summed E-state index contributed by atoms with van der Waals surface area (Å²) in [5.41, 5.74) is 3.69. The Morgan fingerprint density at radius 2 is 1.49 bits per heavy atom. The number of carbonyl (C=O) groups is 4. The van der Waals surface area contributed by atoms with Gasteiger partial charge in [-0.3, -0.25) is 19.3 Å². The molecular weight excluding hydrogens is 883 g/mol. The molecule has 1 aliphatic carbocycles. The maximum absolute atomic E-state index is 16.7. The number of para-hydroxylation sites is 1. The highest BCUT2D eigenvalue weighted by Gasteiger charge is 2.75. The Labute approximate surface area is 403 Å². The summed E-state index contributed by atoms with van der Waals surface area (Å²) in [6.07, 6.45) is 5.19. The highest BCUT2D eigenvalue weighted by molar-refractivity contribution is 7.22. The van der Waals surface area contributed by atoms with Gasteiger partial charge in [0.1, 0.15) is 23.3 Å². The van der Waals surface area contributed by atoms with E-state index in [1.807, 2.05) is 133 Å². The summed E-state index contributed by atoms with van der Waals surface area (Å²) in [6, 6.07) is 43.4. The Morgan fingerprint density at radius 3 is 2.20 bits per heavy atom. The van der Waals surface area contributed by atoms with E-state index in [0.29, 0.717) is 27.8 Å². The Bertz CT molecular complexity index is 3190. The van der Waals surface area contributed by atoms with Gasteiger partial charge < -0.3 is 20.5 Å². The number of nitrogens with one attached hydrogen (secondary N) is 2. The molecule has 3 N–H and O–H groups in total. The number of imide groups is 1. The summed E-state index contributed by atoms with van der Waals surface area (Å²) in [7, 11) is 0. The molecule has 0 unspecified atom stereocenters. The van der Waals surface area contributed by atoms with Crippen molar-refractivity contribution in [3.05, 3.63) is 203 Å². The van der Waals surface area contributed by atoms with Crippen LogP contribution >= 0.6 is 11.3 Å². The number of esters is 1. The lowest BCUT2D eigenvalue weighted by Gasteiger charge is -2.46. The van der Waals surface area contributed by atoms with Gasteiger partial charge in [0.05, 0.1) is 39.9 Å². The number of hydrogen-bond acceptors (Lipinski definition) is 9. The number of thiazole rings is 1. The zero-order valence-electron chi connectivity index (χ0n) is 37.6. The molecule has 3 aliphatic heterocycles. The zero-order valence-corrected chi connectivity index (χ0v) is 38.4. The Morgan fingerprint density at radius 1 is 0.797 bits per heavy atom. The lowest BCUT2D eigenvalue weighted by atomic mass is 9.65. The maximum Gasteiger partial charge on any atom is 0.329 e. The number of aromatic hydroxyl groups is 1. The quantitative estimate of drug-likeness (QED) is 0.106. The number of urea groups is 1.